The Balaban J connectivity index is 1.36. The van der Waals surface area contributed by atoms with Crippen LogP contribution in [0.15, 0.2) is 48.9 Å². The van der Waals surface area contributed by atoms with E-state index in [4.69, 9.17) is 4.74 Å². The quantitative estimate of drug-likeness (QED) is 0.792. The predicted molar refractivity (Wildman–Crippen MR) is 96.2 cm³/mol. The van der Waals surface area contributed by atoms with Crippen molar-refractivity contribution in [2.45, 2.75) is 32.4 Å². The Morgan fingerprint density at radius 1 is 1.21 bits per heavy atom. The van der Waals surface area contributed by atoms with Gasteiger partial charge in [0.2, 0.25) is 0 Å². The van der Waals surface area contributed by atoms with E-state index < -0.39 is 0 Å². The van der Waals surface area contributed by atoms with Gasteiger partial charge in [-0.25, -0.2) is 0 Å². The summed E-state index contributed by atoms with van der Waals surface area (Å²) in [6.45, 7) is 5.20. The molecule has 124 valence electrons. The van der Waals surface area contributed by atoms with Crippen molar-refractivity contribution in [1.29, 1.82) is 0 Å². The average molecular weight is 321 g/mol. The first-order valence-corrected chi connectivity index (χ1v) is 8.64. The second-order valence-electron chi connectivity index (χ2n) is 6.59. The number of ether oxygens (including phenoxy) is 1. The van der Waals surface area contributed by atoms with Crippen molar-refractivity contribution < 1.29 is 4.74 Å². The highest BCUT2D eigenvalue weighted by atomic mass is 16.5. The van der Waals surface area contributed by atoms with E-state index >= 15 is 0 Å². The monoisotopic (exact) mass is 321 g/mol. The Bertz CT molecular complexity index is 818. The molecule has 3 heterocycles. The summed E-state index contributed by atoms with van der Waals surface area (Å²) in [5, 5.41) is 1.29. The molecule has 3 aromatic rings. The molecule has 1 aliphatic heterocycles. The van der Waals surface area contributed by atoms with Gasteiger partial charge in [0.25, 0.3) is 0 Å². The van der Waals surface area contributed by atoms with Crippen molar-refractivity contribution in [3.63, 3.8) is 0 Å². The zero-order valence-electron chi connectivity index (χ0n) is 14.0. The molecule has 0 spiro atoms. The molecule has 0 saturated carbocycles. The zero-order chi connectivity index (χ0) is 16.4. The van der Waals surface area contributed by atoms with E-state index in [9.17, 15) is 0 Å². The van der Waals surface area contributed by atoms with Gasteiger partial charge in [-0.15, -0.1) is 0 Å². The van der Waals surface area contributed by atoms with Crippen molar-refractivity contribution in [2.24, 2.45) is 0 Å². The lowest BCUT2D eigenvalue weighted by molar-refractivity contribution is 0.0964. The van der Waals surface area contributed by atoms with Crippen LogP contribution in [0.25, 0.3) is 10.9 Å². The molecule has 1 aromatic carbocycles. The standard InChI is InChI=1S/C20H23N3O/c1-15-13-21-9-6-19(15)24-18-7-11-23(12-8-18)14-17-4-2-3-16-5-10-22-20(16)17/h2-6,9-10,13,18,22H,7-8,11-12,14H2,1H3. The summed E-state index contributed by atoms with van der Waals surface area (Å²) in [6, 6.07) is 10.6. The topological polar surface area (TPSA) is 41.1 Å². The summed E-state index contributed by atoms with van der Waals surface area (Å²) >= 11 is 0. The Labute approximate surface area is 142 Å². The van der Waals surface area contributed by atoms with Crippen molar-refractivity contribution in [3.05, 3.63) is 60.0 Å². The molecule has 0 aliphatic carbocycles. The first-order valence-electron chi connectivity index (χ1n) is 8.64. The van der Waals surface area contributed by atoms with Crippen LogP contribution in [-0.4, -0.2) is 34.1 Å². The Hall–Kier alpha value is -2.33. The maximum absolute atomic E-state index is 6.17. The number of fused-ring (bicyclic) bond motifs is 1. The maximum Gasteiger partial charge on any atom is 0.125 e. The second kappa shape index (κ2) is 6.65. The first kappa shape index (κ1) is 15.2. The number of likely N-dealkylation sites (tertiary alicyclic amines) is 1. The highest BCUT2D eigenvalue weighted by Crippen LogP contribution is 2.24. The summed E-state index contributed by atoms with van der Waals surface area (Å²) in [4.78, 5) is 10.0. The molecule has 0 unspecified atom stereocenters. The van der Waals surface area contributed by atoms with Crippen molar-refractivity contribution in [3.8, 4) is 5.75 Å². The average Bonchev–Trinajstić information content (AvgIpc) is 3.08. The van der Waals surface area contributed by atoms with Crippen LogP contribution in [0.5, 0.6) is 5.75 Å². The molecule has 2 aromatic heterocycles. The summed E-state index contributed by atoms with van der Waals surface area (Å²) in [7, 11) is 0. The van der Waals surface area contributed by atoms with Crippen LogP contribution in [0.3, 0.4) is 0 Å². The number of nitrogens with zero attached hydrogens (tertiary/aromatic N) is 2. The van der Waals surface area contributed by atoms with Crippen molar-refractivity contribution in [2.75, 3.05) is 13.1 Å². The number of H-pyrrole nitrogens is 1. The predicted octanol–water partition coefficient (Wildman–Crippen LogP) is 3.91. The van der Waals surface area contributed by atoms with E-state index in [0.717, 1.165) is 43.8 Å². The van der Waals surface area contributed by atoms with E-state index in [2.05, 4.69) is 46.1 Å². The number of hydrogen-bond acceptors (Lipinski definition) is 3. The minimum absolute atomic E-state index is 0.309. The Morgan fingerprint density at radius 3 is 2.92 bits per heavy atom. The van der Waals surface area contributed by atoms with Gasteiger partial charge in [0.05, 0.1) is 0 Å². The van der Waals surface area contributed by atoms with E-state index in [1.54, 1.807) is 6.20 Å². The van der Waals surface area contributed by atoms with Crippen molar-refractivity contribution in [1.82, 2.24) is 14.9 Å². The summed E-state index contributed by atoms with van der Waals surface area (Å²) in [5.74, 6) is 0.972. The largest absolute Gasteiger partial charge is 0.490 e. The number of aromatic nitrogens is 2. The molecule has 0 bridgehead atoms. The minimum Gasteiger partial charge on any atom is -0.490 e. The number of nitrogens with one attached hydrogen (secondary N) is 1. The summed E-state index contributed by atoms with van der Waals surface area (Å²) in [5.41, 5.74) is 3.75. The Morgan fingerprint density at radius 2 is 2.08 bits per heavy atom. The van der Waals surface area contributed by atoms with Crippen LogP contribution in [0, 0.1) is 6.92 Å². The van der Waals surface area contributed by atoms with Crippen molar-refractivity contribution >= 4 is 10.9 Å². The lowest BCUT2D eigenvalue weighted by Gasteiger charge is -2.32. The SMILES string of the molecule is Cc1cnccc1OC1CCN(Cc2cccc3cc[nH]c23)CC1. The molecule has 1 N–H and O–H groups in total. The normalized spacial score (nSPS) is 16.5. The zero-order valence-corrected chi connectivity index (χ0v) is 14.0. The fourth-order valence-electron chi connectivity index (χ4n) is 3.48. The molecular weight excluding hydrogens is 298 g/mol. The first-order chi connectivity index (χ1) is 11.8. The van der Waals surface area contributed by atoms with Crippen LogP contribution < -0.4 is 4.74 Å². The van der Waals surface area contributed by atoms with E-state index in [1.165, 1.54) is 16.5 Å². The molecule has 1 fully saturated rings. The fourth-order valence-corrected chi connectivity index (χ4v) is 3.48. The highest BCUT2D eigenvalue weighted by Gasteiger charge is 2.21. The number of piperidine rings is 1. The minimum atomic E-state index is 0.309. The van der Waals surface area contributed by atoms with Gasteiger partial charge in [-0.05, 0) is 42.8 Å². The molecule has 1 saturated heterocycles. The number of aromatic amines is 1. The molecule has 4 heteroatoms. The fraction of sp³-hybridized carbons (Fsp3) is 0.350. The van der Waals surface area contributed by atoms with Gasteiger partial charge in [0, 0.05) is 49.3 Å². The Kier molecular flexibility index (Phi) is 4.22. The number of hydrogen-bond donors (Lipinski definition) is 1. The third-order valence-corrected chi connectivity index (χ3v) is 4.86. The molecule has 1 aliphatic rings. The van der Waals surface area contributed by atoms with Gasteiger partial charge in [-0.2, -0.15) is 0 Å². The summed E-state index contributed by atoms with van der Waals surface area (Å²) < 4.78 is 6.17. The van der Waals surface area contributed by atoms with Crippen LogP contribution in [0.1, 0.15) is 24.0 Å². The molecule has 0 amide bonds. The maximum atomic E-state index is 6.17. The third-order valence-electron chi connectivity index (χ3n) is 4.86. The van der Waals surface area contributed by atoms with Crippen LogP contribution in [0.2, 0.25) is 0 Å². The number of aryl methyl sites for hydroxylation is 1. The van der Waals surface area contributed by atoms with Crippen LogP contribution in [-0.2, 0) is 6.54 Å². The van der Waals surface area contributed by atoms with E-state index in [-0.39, 0.29) is 0 Å². The second-order valence-corrected chi connectivity index (χ2v) is 6.59. The molecule has 4 nitrogen and oxygen atoms in total. The van der Waals surface area contributed by atoms with Gasteiger partial charge in [-0.3, -0.25) is 9.88 Å². The highest BCUT2D eigenvalue weighted by molar-refractivity contribution is 5.82. The van der Waals surface area contributed by atoms with Gasteiger partial charge >= 0.3 is 0 Å². The van der Waals surface area contributed by atoms with Gasteiger partial charge < -0.3 is 9.72 Å². The number of benzene rings is 1. The molecular formula is C20H23N3O. The summed E-state index contributed by atoms with van der Waals surface area (Å²) in [6.07, 6.45) is 8.13. The van der Waals surface area contributed by atoms with Gasteiger partial charge in [-0.1, -0.05) is 18.2 Å². The van der Waals surface area contributed by atoms with E-state index in [0.29, 0.717) is 6.10 Å². The number of pyridine rings is 1. The molecule has 0 atom stereocenters. The third kappa shape index (κ3) is 3.15. The molecule has 0 radical (unpaired) electrons. The number of rotatable bonds is 4. The number of para-hydroxylation sites is 1. The van der Waals surface area contributed by atoms with Crippen LogP contribution >= 0.6 is 0 Å². The lowest BCUT2D eigenvalue weighted by Crippen LogP contribution is -2.37. The smallest absolute Gasteiger partial charge is 0.125 e. The molecule has 24 heavy (non-hydrogen) atoms. The van der Waals surface area contributed by atoms with Gasteiger partial charge in [0.1, 0.15) is 11.9 Å². The molecule has 4 rings (SSSR count). The van der Waals surface area contributed by atoms with Crippen LogP contribution in [0.4, 0.5) is 0 Å². The van der Waals surface area contributed by atoms with E-state index in [1.807, 2.05) is 18.5 Å². The lowest BCUT2D eigenvalue weighted by atomic mass is 10.1. The van der Waals surface area contributed by atoms with Gasteiger partial charge in [0.15, 0.2) is 0 Å².